The molecule has 1 heterocycles. The highest BCUT2D eigenvalue weighted by Gasteiger charge is 2.14. The van der Waals surface area contributed by atoms with E-state index in [0.717, 1.165) is 22.6 Å². The summed E-state index contributed by atoms with van der Waals surface area (Å²) in [6.07, 6.45) is 0. The monoisotopic (exact) mass is 337 g/mol. The average molecular weight is 337 g/mol. The van der Waals surface area contributed by atoms with Gasteiger partial charge in [0.25, 0.3) is 0 Å². The highest BCUT2D eigenvalue weighted by Crippen LogP contribution is 2.35. The van der Waals surface area contributed by atoms with Gasteiger partial charge in [0.1, 0.15) is 11.8 Å². The van der Waals surface area contributed by atoms with Crippen LogP contribution in [0.3, 0.4) is 0 Å². The first-order valence-electron chi connectivity index (χ1n) is 8.18. The predicted molar refractivity (Wildman–Crippen MR) is 101 cm³/mol. The van der Waals surface area contributed by atoms with E-state index in [9.17, 15) is 0 Å². The van der Waals surface area contributed by atoms with Crippen LogP contribution in [-0.4, -0.2) is 15.4 Å². The van der Waals surface area contributed by atoms with Crippen molar-refractivity contribution in [3.05, 3.63) is 90.6 Å². The highest BCUT2D eigenvalue weighted by molar-refractivity contribution is 5.78. The molecule has 3 aromatic carbocycles. The Morgan fingerprint density at radius 1 is 0.692 bits per heavy atom. The van der Waals surface area contributed by atoms with Crippen LogP contribution in [0.4, 0.5) is 17.1 Å². The standard InChI is InChI=1S/C21H15N5/c22-15-20-21(24-25-23-20)16-11-13-19(14-12-16)26(17-7-3-1-4-8-17)18-9-5-2-6-10-18/h1-14H,(H,23,24,25). The summed E-state index contributed by atoms with van der Waals surface area (Å²) in [4.78, 5) is 2.18. The van der Waals surface area contributed by atoms with Crippen LogP contribution in [0.1, 0.15) is 5.69 Å². The second-order valence-electron chi connectivity index (χ2n) is 5.69. The number of nitrogens with zero attached hydrogens (tertiary/aromatic N) is 4. The number of para-hydroxylation sites is 2. The van der Waals surface area contributed by atoms with Gasteiger partial charge in [-0.3, -0.25) is 0 Å². The fraction of sp³-hybridized carbons (Fsp3) is 0. The van der Waals surface area contributed by atoms with Crippen LogP contribution < -0.4 is 4.90 Å². The smallest absolute Gasteiger partial charge is 0.190 e. The summed E-state index contributed by atoms with van der Waals surface area (Å²) in [6, 6.07) is 30.4. The second kappa shape index (κ2) is 6.91. The minimum Gasteiger partial charge on any atom is -0.311 e. The third-order valence-electron chi connectivity index (χ3n) is 4.08. The lowest BCUT2D eigenvalue weighted by atomic mass is 10.1. The van der Waals surface area contributed by atoms with Gasteiger partial charge in [-0.05, 0) is 36.4 Å². The molecule has 124 valence electrons. The summed E-state index contributed by atoms with van der Waals surface area (Å²) < 4.78 is 0. The lowest BCUT2D eigenvalue weighted by molar-refractivity contribution is 0.937. The lowest BCUT2D eigenvalue weighted by Crippen LogP contribution is -2.09. The Morgan fingerprint density at radius 3 is 1.77 bits per heavy atom. The number of benzene rings is 3. The van der Waals surface area contributed by atoms with Crippen molar-refractivity contribution >= 4 is 17.1 Å². The predicted octanol–water partition coefficient (Wildman–Crippen LogP) is 4.81. The molecule has 0 bridgehead atoms. The molecule has 1 aromatic heterocycles. The summed E-state index contributed by atoms with van der Waals surface area (Å²) in [6.45, 7) is 0. The molecule has 0 aliphatic heterocycles. The van der Waals surface area contributed by atoms with E-state index in [0.29, 0.717) is 11.4 Å². The van der Waals surface area contributed by atoms with Crippen molar-refractivity contribution in [3.8, 4) is 17.3 Å². The van der Waals surface area contributed by atoms with Crippen molar-refractivity contribution in [1.29, 1.82) is 5.26 Å². The molecule has 0 amide bonds. The molecule has 0 unspecified atom stereocenters. The van der Waals surface area contributed by atoms with E-state index in [1.165, 1.54) is 0 Å². The van der Waals surface area contributed by atoms with Gasteiger partial charge in [0.15, 0.2) is 5.69 Å². The van der Waals surface area contributed by atoms with E-state index in [2.05, 4.69) is 44.6 Å². The van der Waals surface area contributed by atoms with E-state index in [1.807, 2.05) is 66.7 Å². The Labute approximate surface area is 151 Å². The maximum Gasteiger partial charge on any atom is 0.190 e. The number of nitrogens with one attached hydrogen (secondary N) is 1. The molecule has 0 fully saturated rings. The van der Waals surface area contributed by atoms with Crippen LogP contribution in [0.15, 0.2) is 84.9 Å². The number of nitriles is 1. The average Bonchev–Trinajstić information content (AvgIpc) is 3.19. The molecule has 0 saturated heterocycles. The van der Waals surface area contributed by atoms with Crippen molar-refractivity contribution in [2.45, 2.75) is 0 Å². The Kier molecular flexibility index (Phi) is 4.15. The van der Waals surface area contributed by atoms with Crippen molar-refractivity contribution < 1.29 is 0 Å². The summed E-state index contributed by atoms with van der Waals surface area (Å²) in [5.74, 6) is 0. The van der Waals surface area contributed by atoms with Crippen LogP contribution in [0.2, 0.25) is 0 Å². The Bertz CT molecular complexity index is 992. The number of H-pyrrole nitrogens is 1. The molecular weight excluding hydrogens is 322 g/mol. The van der Waals surface area contributed by atoms with E-state index < -0.39 is 0 Å². The Balaban J connectivity index is 1.77. The maximum atomic E-state index is 9.13. The molecular formula is C21H15N5. The molecule has 26 heavy (non-hydrogen) atoms. The fourth-order valence-electron chi connectivity index (χ4n) is 2.88. The van der Waals surface area contributed by atoms with E-state index >= 15 is 0 Å². The van der Waals surface area contributed by atoms with Gasteiger partial charge in [0.05, 0.1) is 0 Å². The Morgan fingerprint density at radius 2 is 1.23 bits per heavy atom. The van der Waals surface area contributed by atoms with E-state index in [1.54, 1.807) is 0 Å². The van der Waals surface area contributed by atoms with Crippen LogP contribution in [0, 0.1) is 11.3 Å². The fourth-order valence-corrected chi connectivity index (χ4v) is 2.88. The van der Waals surface area contributed by atoms with Crippen molar-refractivity contribution in [2.75, 3.05) is 4.90 Å². The van der Waals surface area contributed by atoms with Gasteiger partial charge in [0, 0.05) is 22.6 Å². The van der Waals surface area contributed by atoms with Crippen molar-refractivity contribution in [3.63, 3.8) is 0 Å². The zero-order valence-electron chi connectivity index (χ0n) is 13.9. The molecule has 5 heteroatoms. The lowest BCUT2D eigenvalue weighted by Gasteiger charge is -2.25. The molecule has 0 aliphatic carbocycles. The summed E-state index contributed by atoms with van der Waals surface area (Å²) in [7, 11) is 0. The van der Waals surface area contributed by atoms with Crippen LogP contribution >= 0.6 is 0 Å². The van der Waals surface area contributed by atoms with Gasteiger partial charge in [-0.25, -0.2) is 0 Å². The number of hydrogen-bond donors (Lipinski definition) is 1. The molecule has 0 aliphatic rings. The molecule has 1 N–H and O–H groups in total. The van der Waals surface area contributed by atoms with Gasteiger partial charge in [0.2, 0.25) is 0 Å². The summed E-state index contributed by atoms with van der Waals surface area (Å²) in [5.41, 5.74) is 4.87. The van der Waals surface area contributed by atoms with Crippen molar-refractivity contribution in [1.82, 2.24) is 15.4 Å². The van der Waals surface area contributed by atoms with Crippen LogP contribution in [0.5, 0.6) is 0 Å². The van der Waals surface area contributed by atoms with Gasteiger partial charge >= 0.3 is 0 Å². The number of anilines is 3. The second-order valence-corrected chi connectivity index (χ2v) is 5.69. The highest BCUT2D eigenvalue weighted by atomic mass is 15.3. The zero-order valence-corrected chi connectivity index (χ0v) is 13.9. The van der Waals surface area contributed by atoms with Crippen LogP contribution in [-0.2, 0) is 0 Å². The Hall–Kier alpha value is -3.91. The minimum absolute atomic E-state index is 0.292. The third kappa shape index (κ3) is 2.92. The SMILES string of the molecule is N#Cc1n[nH]nc1-c1ccc(N(c2ccccc2)c2ccccc2)cc1. The normalized spacial score (nSPS) is 10.3. The van der Waals surface area contributed by atoms with Crippen molar-refractivity contribution in [2.24, 2.45) is 0 Å². The summed E-state index contributed by atoms with van der Waals surface area (Å²) in [5, 5.41) is 19.6. The topological polar surface area (TPSA) is 68.6 Å². The molecule has 0 radical (unpaired) electrons. The van der Waals surface area contributed by atoms with Gasteiger partial charge in [-0.2, -0.15) is 15.6 Å². The number of hydrogen-bond acceptors (Lipinski definition) is 4. The largest absolute Gasteiger partial charge is 0.311 e. The first kappa shape index (κ1) is 15.6. The first-order valence-corrected chi connectivity index (χ1v) is 8.18. The number of aromatic nitrogens is 3. The van der Waals surface area contributed by atoms with Gasteiger partial charge in [-0.15, -0.1) is 5.10 Å². The van der Waals surface area contributed by atoms with E-state index in [-0.39, 0.29) is 0 Å². The van der Waals surface area contributed by atoms with Gasteiger partial charge < -0.3 is 4.90 Å². The zero-order chi connectivity index (χ0) is 17.8. The molecule has 0 saturated carbocycles. The molecule has 0 atom stereocenters. The number of aromatic amines is 1. The molecule has 4 rings (SSSR count). The molecule has 0 spiro atoms. The summed E-state index contributed by atoms with van der Waals surface area (Å²) >= 11 is 0. The van der Waals surface area contributed by atoms with Crippen LogP contribution in [0.25, 0.3) is 11.3 Å². The third-order valence-corrected chi connectivity index (χ3v) is 4.08. The number of rotatable bonds is 4. The molecule has 5 nitrogen and oxygen atoms in total. The van der Waals surface area contributed by atoms with E-state index in [4.69, 9.17) is 5.26 Å². The van der Waals surface area contributed by atoms with Gasteiger partial charge in [-0.1, -0.05) is 48.5 Å². The minimum atomic E-state index is 0.292. The molecule has 4 aromatic rings. The quantitative estimate of drug-likeness (QED) is 0.580. The first-order chi connectivity index (χ1) is 12.9. The maximum absolute atomic E-state index is 9.13.